The van der Waals surface area contributed by atoms with Crippen LogP contribution in [0.2, 0.25) is 0 Å². The average Bonchev–Trinajstić information content (AvgIpc) is 2.96. The Morgan fingerprint density at radius 3 is 2.44 bits per heavy atom. The zero-order valence-corrected chi connectivity index (χ0v) is 16.0. The van der Waals surface area contributed by atoms with E-state index in [1.165, 1.54) is 0 Å². The number of rotatable bonds is 6. The number of amidine groups is 1. The number of hydrogen-bond acceptors (Lipinski definition) is 6. The molecule has 1 aliphatic rings. The third-order valence-electron chi connectivity index (χ3n) is 3.71. The van der Waals surface area contributed by atoms with Crippen molar-refractivity contribution in [3.63, 3.8) is 0 Å². The van der Waals surface area contributed by atoms with Gasteiger partial charge >= 0.3 is 0 Å². The summed E-state index contributed by atoms with van der Waals surface area (Å²) in [5.41, 5.74) is 1.23. The SMILES string of the molecule is COCCCN=C1NS(=O)(=O)c2ccccc21.COc1ccccc1C=O. The molecule has 0 bridgehead atoms. The fourth-order valence-electron chi connectivity index (χ4n) is 2.41. The number of benzene rings is 2. The summed E-state index contributed by atoms with van der Waals surface area (Å²) >= 11 is 0. The highest BCUT2D eigenvalue weighted by atomic mass is 32.2. The van der Waals surface area contributed by atoms with Crippen molar-refractivity contribution in [2.75, 3.05) is 27.4 Å². The van der Waals surface area contributed by atoms with Crippen LogP contribution in [-0.4, -0.2) is 47.9 Å². The molecule has 2 aromatic rings. The van der Waals surface area contributed by atoms with Gasteiger partial charge in [-0.15, -0.1) is 0 Å². The number of fused-ring (bicyclic) bond motifs is 1. The second kappa shape index (κ2) is 9.84. The molecule has 0 saturated heterocycles. The molecule has 2 aromatic carbocycles. The number of carbonyl (C=O) groups is 1. The van der Waals surface area contributed by atoms with Crippen molar-refractivity contribution in [3.8, 4) is 5.75 Å². The molecule has 0 unspecified atom stereocenters. The molecule has 1 aliphatic heterocycles. The number of nitrogens with one attached hydrogen (secondary N) is 1. The summed E-state index contributed by atoms with van der Waals surface area (Å²) in [5.74, 6) is 1.05. The summed E-state index contributed by atoms with van der Waals surface area (Å²) in [6, 6.07) is 13.9. The molecule has 8 heteroatoms. The first-order chi connectivity index (χ1) is 13.0. The van der Waals surface area contributed by atoms with E-state index < -0.39 is 10.0 Å². The molecule has 144 valence electrons. The van der Waals surface area contributed by atoms with Crippen LogP contribution in [0.25, 0.3) is 0 Å². The lowest BCUT2D eigenvalue weighted by molar-refractivity contribution is 0.112. The van der Waals surface area contributed by atoms with Crippen molar-refractivity contribution in [1.29, 1.82) is 0 Å². The molecular weight excluding hydrogens is 368 g/mol. The first-order valence-electron chi connectivity index (χ1n) is 8.27. The predicted molar refractivity (Wildman–Crippen MR) is 103 cm³/mol. The third-order valence-corrected chi connectivity index (χ3v) is 5.10. The molecule has 27 heavy (non-hydrogen) atoms. The van der Waals surface area contributed by atoms with Crippen LogP contribution in [0.15, 0.2) is 58.4 Å². The number of aldehydes is 1. The maximum Gasteiger partial charge on any atom is 0.263 e. The molecule has 1 N–H and O–H groups in total. The maximum atomic E-state index is 11.7. The number of hydrogen-bond donors (Lipinski definition) is 1. The molecule has 0 saturated carbocycles. The van der Waals surface area contributed by atoms with E-state index in [1.807, 2.05) is 6.07 Å². The smallest absolute Gasteiger partial charge is 0.263 e. The van der Waals surface area contributed by atoms with Gasteiger partial charge in [0.15, 0.2) is 6.29 Å². The molecule has 0 atom stereocenters. The van der Waals surface area contributed by atoms with Gasteiger partial charge in [-0.1, -0.05) is 24.3 Å². The number of ether oxygens (including phenoxy) is 2. The standard InChI is InChI=1S/C11H14N2O3S.C8H8O2/c1-16-8-4-7-12-11-9-5-2-3-6-10(9)17(14,15)13-11;1-10-8-5-3-2-4-7(8)6-9/h2-3,5-6H,4,7-8H2,1H3,(H,12,13);2-6H,1H3. The van der Waals surface area contributed by atoms with Crippen molar-refractivity contribution >= 4 is 22.1 Å². The van der Waals surface area contributed by atoms with Crippen LogP contribution in [0.4, 0.5) is 0 Å². The number of sulfonamides is 1. The van der Waals surface area contributed by atoms with E-state index in [1.54, 1.807) is 56.7 Å². The van der Waals surface area contributed by atoms with Crippen LogP contribution in [0, 0.1) is 0 Å². The van der Waals surface area contributed by atoms with E-state index >= 15 is 0 Å². The monoisotopic (exact) mass is 390 g/mol. The highest BCUT2D eigenvalue weighted by Crippen LogP contribution is 2.22. The molecule has 0 radical (unpaired) electrons. The lowest BCUT2D eigenvalue weighted by Gasteiger charge is -1.99. The summed E-state index contributed by atoms with van der Waals surface area (Å²) in [6.45, 7) is 1.16. The van der Waals surface area contributed by atoms with E-state index in [4.69, 9.17) is 9.47 Å². The van der Waals surface area contributed by atoms with E-state index in [-0.39, 0.29) is 0 Å². The van der Waals surface area contributed by atoms with Crippen molar-refractivity contribution in [2.24, 2.45) is 4.99 Å². The fourth-order valence-corrected chi connectivity index (χ4v) is 3.67. The summed E-state index contributed by atoms with van der Waals surface area (Å²) in [4.78, 5) is 14.8. The Kier molecular flexibility index (Phi) is 7.51. The van der Waals surface area contributed by atoms with Gasteiger partial charge in [0.1, 0.15) is 11.6 Å². The van der Waals surface area contributed by atoms with Crippen LogP contribution in [-0.2, 0) is 14.8 Å². The van der Waals surface area contributed by atoms with E-state index in [0.717, 1.165) is 12.7 Å². The summed E-state index contributed by atoms with van der Waals surface area (Å²) < 4.78 is 35.7. The van der Waals surface area contributed by atoms with Gasteiger partial charge in [0.25, 0.3) is 10.0 Å². The molecule has 7 nitrogen and oxygen atoms in total. The maximum absolute atomic E-state index is 11.7. The zero-order valence-electron chi connectivity index (χ0n) is 15.2. The van der Waals surface area contributed by atoms with Gasteiger partial charge in [-0.25, -0.2) is 8.42 Å². The number of nitrogens with zero attached hydrogens (tertiary/aromatic N) is 1. The number of para-hydroxylation sites is 1. The molecular formula is C19H22N2O5S. The normalized spacial score (nSPS) is 15.3. The molecule has 0 aromatic heterocycles. The average molecular weight is 390 g/mol. The summed E-state index contributed by atoms with van der Waals surface area (Å²) in [7, 11) is -0.240. The molecule has 0 aliphatic carbocycles. The Labute approximate surface area is 159 Å². The fraction of sp³-hybridized carbons (Fsp3) is 0.263. The van der Waals surface area contributed by atoms with E-state index in [2.05, 4.69) is 9.71 Å². The lowest BCUT2D eigenvalue weighted by Crippen LogP contribution is -2.22. The first kappa shape index (κ1) is 20.6. The molecule has 1 heterocycles. The second-order valence-corrected chi connectivity index (χ2v) is 7.19. The van der Waals surface area contributed by atoms with Gasteiger partial charge in [0, 0.05) is 25.8 Å². The minimum atomic E-state index is -3.41. The first-order valence-corrected chi connectivity index (χ1v) is 9.75. The van der Waals surface area contributed by atoms with Crippen LogP contribution in [0.5, 0.6) is 5.75 Å². The van der Waals surface area contributed by atoms with Crippen LogP contribution < -0.4 is 9.46 Å². The van der Waals surface area contributed by atoms with Crippen molar-refractivity contribution in [3.05, 3.63) is 59.7 Å². The summed E-state index contributed by atoms with van der Waals surface area (Å²) in [6.07, 6.45) is 1.54. The largest absolute Gasteiger partial charge is 0.496 e. The van der Waals surface area contributed by atoms with Crippen molar-refractivity contribution in [1.82, 2.24) is 4.72 Å². The molecule has 0 amide bonds. The Morgan fingerprint density at radius 1 is 1.07 bits per heavy atom. The van der Waals surface area contributed by atoms with Crippen LogP contribution >= 0.6 is 0 Å². The Balaban J connectivity index is 0.000000223. The van der Waals surface area contributed by atoms with E-state index in [0.29, 0.717) is 40.8 Å². The van der Waals surface area contributed by atoms with Gasteiger partial charge in [-0.3, -0.25) is 14.5 Å². The lowest BCUT2D eigenvalue weighted by atomic mass is 10.2. The minimum Gasteiger partial charge on any atom is -0.496 e. The zero-order chi connectivity index (χ0) is 19.7. The minimum absolute atomic E-state index is 0.297. The number of carbonyl (C=O) groups excluding carboxylic acids is 1. The van der Waals surface area contributed by atoms with Gasteiger partial charge in [-0.2, -0.15) is 0 Å². The van der Waals surface area contributed by atoms with Crippen molar-refractivity contribution in [2.45, 2.75) is 11.3 Å². The number of aliphatic imine (C=N–C) groups is 1. The topological polar surface area (TPSA) is 94.1 Å². The van der Waals surface area contributed by atoms with Crippen LogP contribution in [0.1, 0.15) is 22.3 Å². The van der Waals surface area contributed by atoms with Gasteiger partial charge in [0.2, 0.25) is 0 Å². The van der Waals surface area contributed by atoms with Crippen LogP contribution in [0.3, 0.4) is 0 Å². The van der Waals surface area contributed by atoms with Gasteiger partial charge in [-0.05, 0) is 30.7 Å². The summed E-state index contributed by atoms with van der Waals surface area (Å²) in [5, 5.41) is 0. The Morgan fingerprint density at radius 2 is 1.78 bits per heavy atom. The highest BCUT2D eigenvalue weighted by Gasteiger charge is 2.29. The molecule has 0 fully saturated rings. The Bertz CT molecular complexity index is 910. The van der Waals surface area contributed by atoms with Gasteiger partial charge < -0.3 is 9.47 Å². The van der Waals surface area contributed by atoms with Gasteiger partial charge in [0.05, 0.1) is 17.6 Å². The molecule has 0 spiro atoms. The second-order valence-electron chi connectivity index (χ2n) is 5.54. The third kappa shape index (κ3) is 5.38. The molecule has 3 rings (SSSR count). The van der Waals surface area contributed by atoms with E-state index in [9.17, 15) is 13.2 Å². The quantitative estimate of drug-likeness (QED) is 0.603. The highest BCUT2D eigenvalue weighted by molar-refractivity contribution is 7.90. The number of methoxy groups -OCH3 is 2. The van der Waals surface area contributed by atoms with Crippen molar-refractivity contribution < 1.29 is 22.7 Å². The predicted octanol–water partition coefficient (Wildman–Crippen LogP) is 2.27. The Hall–Kier alpha value is -2.71.